The fourth-order valence-corrected chi connectivity index (χ4v) is 4.00. The van der Waals surface area contributed by atoms with E-state index in [-0.39, 0.29) is 17.9 Å². The van der Waals surface area contributed by atoms with E-state index in [1.54, 1.807) is 0 Å². The van der Waals surface area contributed by atoms with Crippen molar-refractivity contribution in [1.82, 2.24) is 5.32 Å². The summed E-state index contributed by atoms with van der Waals surface area (Å²) in [6.07, 6.45) is 3.55. The third kappa shape index (κ3) is 2.91. The van der Waals surface area contributed by atoms with E-state index in [0.717, 1.165) is 13.0 Å². The number of fused-ring (bicyclic) bond motifs is 2. The van der Waals surface area contributed by atoms with Gasteiger partial charge >= 0.3 is 0 Å². The van der Waals surface area contributed by atoms with Crippen molar-refractivity contribution in [2.75, 3.05) is 25.0 Å². The van der Waals surface area contributed by atoms with Crippen molar-refractivity contribution in [2.45, 2.75) is 25.3 Å². The lowest BCUT2D eigenvalue weighted by molar-refractivity contribution is -0.126. The van der Waals surface area contributed by atoms with Crippen molar-refractivity contribution in [3.63, 3.8) is 0 Å². The summed E-state index contributed by atoms with van der Waals surface area (Å²) in [6, 6.07) is 10.3. The lowest BCUT2D eigenvalue weighted by atomic mass is 9.84. The molecule has 3 N–H and O–H groups in total. The molecule has 2 fully saturated rings. The van der Waals surface area contributed by atoms with Crippen LogP contribution in [0.2, 0.25) is 0 Å². The highest BCUT2D eigenvalue weighted by Gasteiger charge is 2.48. The second-order valence-electron chi connectivity index (χ2n) is 6.48. The van der Waals surface area contributed by atoms with E-state index in [2.05, 4.69) is 22.3 Å². The molecule has 0 aliphatic heterocycles. The molecule has 0 radical (unpaired) electrons. The van der Waals surface area contributed by atoms with Gasteiger partial charge in [0.2, 0.25) is 5.91 Å². The molecule has 114 valence electrons. The van der Waals surface area contributed by atoms with E-state index in [0.29, 0.717) is 18.4 Å². The van der Waals surface area contributed by atoms with Crippen LogP contribution in [0.4, 0.5) is 5.69 Å². The third-order valence-electron chi connectivity index (χ3n) is 5.23. The molecule has 1 aromatic rings. The molecule has 3 rings (SSSR count). The first-order valence-corrected chi connectivity index (χ1v) is 7.96. The van der Waals surface area contributed by atoms with Gasteiger partial charge in [0.25, 0.3) is 0 Å². The van der Waals surface area contributed by atoms with Crippen LogP contribution in [0.1, 0.15) is 19.3 Å². The minimum absolute atomic E-state index is 0.0470. The first-order valence-electron chi connectivity index (χ1n) is 7.96. The van der Waals surface area contributed by atoms with Gasteiger partial charge in [-0.1, -0.05) is 18.2 Å². The highest BCUT2D eigenvalue weighted by Crippen LogP contribution is 2.47. The summed E-state index contributed by atoms with van der Waals surface area (Å²) in [6.45, 7) is 1.48. The van der Waals surface area contributed by atoms with Crippen molar-refractivity contribution in [2.24, 2.45) is 23.5 Å². The number of para-hydroxylation sites is 1. The Morgan fingerprint density at radius 2 is 2.00 bits per heavy atom. The summed E-state index contributed by atoms with van der Waals surface area (Å²) < 4.78 is 0. The highest BCUT2D eigenvalue weighted by atomic mass is 16.1. The van der Waals surface area contributed by atoms with Crippen molar-refractivity contribution < 1.29 is 4.79 Å². The first-order chi connectivity index (χ1) is 10.2. The smallest absolute Gasteiger partial charge is 0.225 e. The Morgan fingerprint density at radius 1 is 1.29 bits per heavy atom. The average molecular weight is 287 g/mol. The normalized spacial score (nSPS) is 30.4. The number of anilines is 1. The zero-order valence-corrected chi connectivity index (χ0v) is 12.7. The third-order valence-corrected chi connectivity index (χ3v) is 5.23. The molecule has 0 saturated heterocycles. The number of rotatable bonds is 5. The summed E-state index contributed by atoms with van der Waals surface area (Å²) in [5.41, 5.74) is 7.39. The van der Waals surface area contributed by atoms with Gasteiger partial charge in [-0.25, -0.2) is 0 Å². The van der Waals surface area contributed by atoms with Crippen LogP contribution in [0.15, 0.2) is 30.3 Å². The van der Waals surface area contributed by atoms with Gasteiger partial charge in [0.1, 0.15) is 0 Å². The molecular formula is C17H25N3O. The highest BCUT2D eigenvalue weighted by molar-refractivity contribution is 5.80. The van der Waals surface area contributed by atoms with Gasteiger partial charge < -0.3 is 16.0 Å². The summed E-state index contributed by atoms with van der Waals surface area (Å²) >= 11 is 0. The molecule has 0 heterocycles. The van der Waals surface area contributed by atoms with Crippen LogP contribution in [-0.2, 0) is 4.79 Å². The van der Waals surface area contributed by atoms with Gasteiger partial charge in [0.15, 0.2) is 0 Å². The number of nitrogens with one attached hydrogen (secondary N) is 1. The Hall–Kier alpha value is -1.55. The van der Waals surface area contributed by atoms with Gasteiger partial charge in [-0.3, -0.25) is 4.79 Å². The Labute approximate surface area is 126 Å². The van der Waals surface area contributed by atoms with E-state index in [4.69, 9.17) is 5.73 Å². The van der Waals surface area contributed by atoms with Crippen LogP contribution in [0.5, 0.6) is 0 Å². The molecule has 4 nitrogen and oxygen atoms in total. The van der Waals surface area contributed by atoms with Crippen molar-refractivity contribution in [3.05, 3.63) is 30.3 Å². The summed E-state index contributed by atoms with van der Waals surface area (Å²) in [4.78, 5) is 14.5. The largest absolute Gasteiger partial charge is 0.373 e. The molecule has 4 unspecified atom stereocenters. The minimum Gasteiger partial charge on any atom is -0.373 e. The molecule has 4 atom stereocenters. The van der Waals surface area contributed by atoms with Gasteiger partial charge in [0, 0.05) is 31.9 Å². The van der Waals surface area contributed by atoms with E-state index >= 15 is 0 Å². The molecular weight excluding hydrogens is 262 g/mol. The number of benzene rings is 1. The van der Waals surface area contributed by atoms with Crippen molar-refractivity contribution in [3.8, 4) is 0 Å². The number of nitrogens with zero attached hydrogens (tertiary/aromatic N) is 1. The maximum Gasteiger partial charge on any atom is 0.225 e. The average Bonchev–Trinajstić information content (AvgIpc) is 3.08. The number of hydrogen-bond donors (Lipinski definition) is 2. The second kappa shape index (κ2) is 6.06. The molecule has 0 aromatic heterocycles. The zero-order valence-electron chi connectivity index (χ0n) is 12.7. The summed E-state index contributed by atoms with van der Waals surface area (Å²) in [5, 5.41) is 3.08. The SMILES string of the molecule is CN(CCNC(=O)C1C2CCC(C2)C1N)c1ccccc1. The molecule has 2 aliphatic carbocycles. The number of carbonyl (C=O) groups is 1. The topological polar surface area (TPSA) is 58.4 Å². The Kier molecular flexibility index (Phi) is 4.15. The van der Waals surface area contributed by atoms with Crippen LogP contribution < -0.4 is 16.0 Å². The maximum absolute atomic E-state index is 12.4. The molecule has 2 saturated carbocycles. The molecule has 21 heavy (non-hydrogen) atoms. The molecule has 1 aromatic carbocycles. The Bertz CT molecular complexity index is 488. The zero-order chi connectivity index (χ0) is 14.8. The Morgan fingerprint density at radius 3 is 2.67 bits per heavy atom. The standard InChI is InChI=1S/C17H25N3O/c1-20(14-5-3-2-4-6-14)10-9-19-17(21)15-12-7-8-13(11-12)16(15)18/h2-6,12-13,15-16H,7-11,18H2,1H3,(H,19,21). The quantitative estimate of drug-likeness (QED) is 0.865. The van der Waals surface area contributed by atoms with Crippen molar-refractivity contribution >= 4 is 11.6 Å². The predicted octanol–water partition coefficient (Wildman–Crippen LogP) is 1.61. The van der Waals surface area contributed by atoms with Crippen LogP contribution in [0, 0.1) is 17.8 Å². The van der Waals surface area contributed by atoms with Crippen LogP contribution in [0.3, 0.4) is 0 Å². The van der Waals surface area contributed by atoms with E-state index in [1.807, 2.05) is 25.2 Å². The predicted molar refractivity (Wildman–Crippen MR) is 85.0 cm³/mol. The fraction of sp³-hybridized carbons (Fsp3) is 0.588. The lowest BCUT2D eigenvalue weighted by Gasteiger charge is -2.27. The second-order valence-corrected chi connectivity index (χ2v) is 6.48. The number of amides is 1. The molecule has 1 amide bonds. The lowest BCUT2D eigenvalue weighted by Crippen LogP contribution is -2.46. The van der Waals surface area contributed by atoms with Crippen molar-refractivity contribution in [1.29, 1.82) is 0 Å². The van der Waals surface area contributed by atoms with Crippen LogP contribution >= 0.6 is 0 Å². The molecule has 2 aliphatic rings. The van der Waals surface area contributed by atoms with Gasteiger partial charge in [-0.15, -0.1) is 0 Å². The minimum atomic E-state index is 0.0470. The van der Waals surface area contributed by atoms with E-state index in [1.165, 1.54) is 18.5 Å². The van der Waals surface area contributed by atoms with Crippen LogP contribution in [0.25, 0.3) is 0 Å². The number of hydrogen-bond acceptors (Lipinski definition) is 3. The molecule has 0 spiro atoms. The van der Waals surface area contributed by atoms with Gasteiger partial charge in [0.05, 0.1) is 5.92 Å². The van der Waals surface area contributed by atoms with Crippen LogP contribution in [-0.4, -0.2) is 32.1 Å². The van der Waals surface area contributed by atoms with E-state index in [9.17, 15) is 4.79 Å². The van der Waals surface area contributed by atoms with Gasteiger partial charge in [-0.2, -0.15) is 0 Å². The molecule has 4 heteroatoms. The first kappa shape index (κ1) is 14.4. The molecule has 2 bridgehead atoms. The van der Waals surface area contributed by atoms with Gasteiger partial charge in [-0.05, 0) is 43.2 Å². The monoisotopic (exact) mass is 287 g/mol. The number of carbonyl (C=O) groups excluding carboxylic acids is 1. The number of likely N-dealkylation sites (N-methyl/N-ethyl adjacent to an activating group) is 1. The summed E-state index contributed by atoms with van der Waals surface area (Å²) in [5.74, 6) is 1.32. The maximum atomic E-state index is 12.4. The van der Waals surface area contributed by atoms with E-state index < -0.39 is 0 Å². The summed E-state index contributed by atoms with van der Waals surface area (Å²) in [7, 11) is 2.05. The fourth-order valence-electron chi connectivity index (χ4n) is 4.00. The number of nitrogens with two attached hydrogens (primary N) is 1. The Balaban J connectivity index is 1.46.